The highest BCUT2D eigenvalue weighted by Gasteiger charge is 2.25. The van der Waals surface area contributed by atoms with Crippen molar-refractivity contribution in [1.29, 1.82) is 0 Å². The molecule has 15 heavy (non-hydrogen) atoms. The summed E-state index contributed by atoms with van der Waals surface area (Å²) in [6.07, 6.45) is 1.26. The average molecular weight is 210 g/mol. The van der Waals surface area contributed by atoms with E-state index in [0.717, 1.165) is 12.8 Å². The number of carbonyl (C=O) groups is 1. The monoisotopic (exact) mass is 210 g/mol. The number of alkyl carbamates (subject to hydrolysis) is 1. The third-order valence-electron chi connectivity index (χ3n) is 2.14. The molecule has 0 saturated carbocycles. The zero-order valence-corrected chi connectivity index (χ0v) is 9.30. The van der Waals surface area contributed by atoms with Crippen LogP contribution in [0.4, 0.5) is 4.79 Å². The van der Waals surface area contributed by atoms with Crippen LogP contribution in [0.1, 0.15) is 26.7 Å². The number of hydrogen-bond donors (Lipinski definition) is 2. The number of nitrogens with one attached hydrogen (secondary N) is 2. The summed E-state index contributed by atoms with van der Waals surface area (Å²) in [5, 5.41) is 5.82. The van der Waals surface area contributed by atoms with Gasteiger partial charge in [-0.3, -0.25) is 5.32 Å². The van der Waals surface area contributed by atoms with Crippen molar-refractivity contribution in [2.45, 2.75) is 38.8 Å². The van der Waals surface area contributed by atoms with Gasteiger partial charge in [0.15, 0.2) is 0 Å². The predicted molar refractivity (Wildman–Crippen MR) is 58.4 cm³/mol. The lowest BCUT2D eigenvalue weighted by molar-refractivity contribution is 0.107. The lowest BCUT2D eigenvalue weighted by Crippen LogP contribution is -2.29. The summed E-state index contributed by atoms with van der Waals surface area (Å²) in [5.74, 6) is 6.11. The second kappa shape index (κ2) is 6.31. The SMILES string of the molecule is CCC#C[C@@H]1C[C@@H](OC(=O)NCC)CN1. The van der Waals surface area contributed by atoms with Crippen molar-refractivity contribution < 1.29 is 9.53 Å². The number of amides is 1. The Morgan fingerprint density at radius 1 is 1.60 bits per heavy atom. The average Bonchev–Trinajstić information content (AvgIpc) is 2.63. The highest BCUT2D eigenvalue weighted by atomic mass is 16.6. The Balaban J connectivity index is 2.27. The normalized spacial score (nSPS) is 24.1. The summed E-state index contributed by atoms with van der Waals surface area (Å²) in [6, 6.07) is 0.171. The molecule has 1 heterocycles. The topological polar surface area (TPSA) is 50.4 Å². The van der Waals surface area contributed by atoms with Crippen molar-refractivity contribution in [3.63, 3.8) is 0 Å². The summed E-state index contributed by atoms with van der Waals surface area (Å²) in [4.78, 5) is 11.1. The summed E-state index contributed by atoms with van der Waals surface area (Å²) in [7, 11) is 0. The molecule has 1 aliphatic heterocycles. The van der Waals surface area contributed by atoms with Gasteiger partial charge in [-0.25, -0.2) is 4.79 Å². The molecule has 1 fully saturated rings. The van der Waals surface area contributed by atoms with Gasteiger partial charge in [0.25, 0.3) is 0 Å². The molecule has 0 bridgehead atoms. The van der Waals surface area contributed by atoms with Gasteiger partial charge in [0.1, 0.15) is 6.10 Å². The van der Waals surface area contributed by atoms with E-state index < -0.39 is 0 Å². The van der Waals surface area contributed by atoms with Gasteiger partial charge in [0.05, 0.1) is 6.04 Å². The van der Waals surface area contributed by atoms with Crippen molar-refractivity contribution in [3.8, 4) is 11.8 Å². The highest BCUT2D eigenvalue weighted by molar-refractivity contribution is 5.67. The number of ether oxygens (including phenoxy) is 1. The van der Waals surface area contributed by atoms with Crippen LogP contribution in [0.5, 0.6) is 0 Å². The van der Waals surface area contributed by atoms with E-state index >= 15 is 0 Å². The number of hydrogen-bond acceptors (Lipinski definition) is 3. The van der Waals surface area contributed by atoms with Crippen molar-refractivity contribution in [3.05, 3.63) is 0 Å². The smallest absolute Gasteiger partial charge is 0.407 e. The van der Waals surface area contributed by atoms with E-state index in [2.05, 4.69) is 22.5 Å². The standard InChI is InChI=1S/C11H18N2O2/c1-3-5-6-9-7-10(8-13-9)15-11(14)12-4-2/h9-10,13H,3-4,7-8H2,1-2H3,(H,12,14)/t9-,10-/m1/s1. The Morgan fingerprint density at radius 2 is 2.40 bits per heavy atom. The van der Waals surface area contributed by atoms with Gasteiger partial charge < -0.3 is 10.1 Å². The minimum Gasteiger partial charge on any atom is -0.445 e. The Morgan fingerprint density at radius 3 is 3.07 bits per heavy atom. The molecule has 1 aliphatic rings. The van der Waals surface area contributed by atoms with Gasteiger partial charge in [-0.2, -0.15) is 0 Å². The maximum atomic E-state index is 11.1. The summed E-state index contributed by atoms with van der Waals surface area (Å²) < 4.78 is 5.18. The Bertz CT molecular complexity index is 267. The highest BCUT2D eigenvalue weighted by Crippen LogP contribution is 2.09. The predicted octanol–water partition coefficient (Wildman–Crippen LogP) is 0.876. The van der Waals surface area contributed by atoms with Crippen molar-refractivity contribution in [1.82, 2.24) is 10.6 Å². The molecule has 0 spiro atoms. The molecule has 0 aromatic heterocycles. The molecule has 1 saturated heterocycles. The molecule has 84 valence electrons. The quantitative estimate of drug-likeness (QED) is 0.665. The van der Waals surface area contributed by atoms with Gasteiger partial charge in [0, 0.05) is 25.9 Å². The maximum Gasteiger partial charge on any atom is 0.407 e. The Hall–Kier alpha value is -1.21. The molecule has 2 atom stereocenters. The lowest BCUT2D eigenvalue weighted by Gasteiger charge is -2.10. The van der Waals surface area contributed by atoms with Crippen LogP contribution >= 0.6 is 0 Å². The van der Waals surface area contributed by atoms with Crippen LogP contribution in [0.25, 0.3) is 0 Å². The van der Waals surface area contributed by atoms with Crippen molar-refractivity contribution in [2.24, 2.45) is 0 Å². The first-order chi connectivity index (χ1) is 7.26. The fourth-order valence-corrected chi connectivity index (χ4v) is 1.47. The van der Waals surface area contributed by atoms with E-state index in [0.29, 0.717) is 13.1 Å². The molecule has 0 aliphatic carbocycles. The van der Waals surface area contributed by atoms with E-state index in [1.165, 1.54) is 0 Å². The maximum absolute atomic E-state index is 11.1. The van der Waals surface area contributed by atoms with E-state index in [1.54, 1.807) is 0 Å². The molecule has 4 heteroatoms. The first-order valence-electron chi connectivity index (χ1n) is 5.42. The van der Waals surface area contributed by atoms with Gasteiger partial charge in [-0.15, -0.1) is 5.92 Å². The van der Waals surface area contributed by atoms with Crippen molar-refractivity contribution in [2.75, 3.05) is 13.1 Å². The largest absolute Gasteiger partial charge is 0.445 e. The molecule has 4 nitrogen and oxygen atoms in total. The molecule has 0 unspecified atom stereocenters. The van der Waals surface area contributed by atoms with Gasteiger partial charge >= 0.3 is 6.09 Å². The minimum atomic E-state index is -0.339. The van der Waals surface area contributed by atoms with Crippen LogP contribution in [-0.4, -0.2) is 31.3 Å². The summed E-state index contributed by atoms with van der Waals surface area (Å²) >= 11 is 0. The third-order valence-corrected chi connectivity index (χ3v) is 2.14. The zero-order valence-electron chi connectivity index (χ0n) is 9.30. The van der Waals surface area contributed by atoms with Crippen LogP contribution in [0, 0.1) is 11.8 Å². The van der Waals surface area contributed by atoms with Crippen LogP contribution < -0.4 is 10.6 Å². The number of rotatable bonds is 2. The minimum absolute atomic E-state index is 0.0484. The Labute approximate surface area is 90.8 Å². The third kappa shape index (κ3) is 4.22. The summed E-state index contributed by atoms with van der Waals surface area (Å²) in [5.41, 5.74) is 0. The molecule has 0 radical (unpaired) electrons. The molecule has 0 aromatic carbocycles. The fourth-order valence-electron chi connectivity index (χ4n) is 1.47. The molecule has 1 amide bonds. The second-order valence-corrected chi connectivity index (χ2v) is 3.43. The van der Waals surface area contributed by atoms with Crippen LogP contribution in [0.15, 0.2) is 0 Å². The van der Waals surface area contributed by atoms with Crippen molar-refractivity contribution >= 4 is 6.09 Å². The van der Waals surface area contributed by atoms with Gasteiger partial charge in [-0.05, 0) is 6.92 Å². The van der Waals surface area contributed by atoms with Gasteiger partial charge in [0.2, 0.25) is 0 Å². The van der Waals surface area contributed by atoms with E-state index in [4.69, 9.17) is 4.74 Å². The Kier molecular flexibility index (Phi) is 4.99. The molecular formula is C11H18N2O2. The van der Waals surface area contributed by atoms with E-state index in [9.17, 15) is 4.79 Å². The van der Waals surface area contributed by atoms with Crippen LogP contribution in [0.2, 0.25) is 0 Å². The second-order valence-electron chi connectivity index (χ2n) is 3.43. The number of carbonyl (C=O) groups excluding carboxylic acids is 1. The van der Waals surface area contributed by atoms with Gasteiger partial charge in [-0.1, -0.05) is 12.8 Å². The van der Waals surface area contributed by atoms with Crippen LogP contribution in [0.3, 0.4) is 0 Å². The van der Waals surface area contributed by atoms with Crippen LogP contribution in [-0.2, 0) is 4.74 Å². The molecule has 2 N–H and O–H groups in total. The lowest BCUT2D eigenvalue weighted by atomic mass is 10.2. The first-order valence-corrected chi connectivity index (χ1v) is 5.42. The molecule has 0 aromatic rings. The summed E-state index contributed by atoms with van der Waals surface area (Å²) in [6.45, 7) is 5.17. The van der Waals surface area contributed by atoms with E-state index in [-0.39, 0.29) is 18.2 Å². The molecular weight excluding hydrogens is 192 g/mol. The zero-order chi connectivity index (χ0) is 11.1. The first kappa shape index (κ1) is 11.9. The van der Waals surface area contributed by atoms with E-state index in [1.807, 2.05) is 13.8 Å². The molecule has 1 rings (SSSR count). The fraction of sp³-hybridized carbons (Fsp3) is 0.727.